The van der Waals surface area contributed by atoms with Gasteiger partial charge in [-0.15, -0.1) is 0 Å². The third-order valence-corrected chi connectivity index (χ3v) is 4.11. The predicted octanol–water partition coefficient (Wildman–Crippen LogP) is 3.87. The average Bonchev–Trinajstić information content (AvgIpc) is 3.07. The number of nitrogens with zero attached hydrogens (tertiary/aromatic N) is 1. The monoisotopic (exact) mass is 271 g/mol. The Kier molecular flexibility index (Phi) is 3.08. The van der Waals surface area contributed by atoms with Crippen LogP contribution in [-0.4, -0.2) is 16.1 Å². The van der Waals surface area contributed by atoms with Crippen molar-refractivity contribution >= 4 is 5.97 Å². The summed E-state index contributed by atoms with van der Waals surface area (Å²) >= 11 is 0. The summed E-state index contributed by atoms with van der Waals surface area (Å²) in [4.78, 5) is 15.6. The van der Waals surface area contributed by atoms with Gasteiger partial charge in [-0.3, -0.25) is 0 Å². The van der Waals surface area contributed by atoms with E-state index in [1.807, 2.05) is 30.3 Å². The smallest absolute Gasteiger partial charge is 0.358 e. The number of carbonyl (C=O) groups is 1. The van der Waals surface area contributed by atoms with Crippen LogP contribution in [0.2, 0.25) is 0 Å². The summed E-state index contributed by atoms with van der Waals surface area (Å²) in [7, 11) is 0. The van der Waals surface area contributed by atoms with E-state index in [4.69, 9.17) is 4.42 Å². The molecule has 1 aromatic heterocycles. The van der Waals surface area contributed by atoms with Crippen LogP contribution in [0.5, 0.6) is 0 Å². The van der Waals surface area contributed by atoms with Crippen molar-refractivity contribution in [3.63, 3.8) is 0 Å². The van der Waals surface area contributed by atoms with Gasteiger partial charge in [0, 0.05) is 11.0 Å². The number of hydrogen-bond acceptors (Lipinski definition) is 3. The molecule has 1 aliphatic rings. The van der Waals surface area contributed by atoms with Gasteiger partial charge in [0.1, 0.15) is 5.76 Å². The SMILES string of the molecule is CC1(c2oc(-c3ccccc3)nc2C(=O)O)CCCC1. The maximum absolute atomic E-state index is 11.4. The van der Waals surface area contributed by atoms with Crippen LogP contribution < -0.4 is 0 Å². The number of aromatic nitrogens is 1. The topological polar surface area (TPSA) is 63.3 Å². The Morgan fingerprint density at radius 3 is 2.50 bits per heavy atom. The zero-order valence-corrected chi connectivity index (χ0v) is 11.4. The first kappa shape index (κ1) is 12.9. The minimum atomic E-state index is -1.01. The Hall–Kier alpha value is -2.10. The largest absolute Gasteiger partial charge is 0.476 e. The van der Waals surface area contributed by atoms with Crippen molar-refractivity contribution in [2.75, 3.05) is 0 Å². The van der Waals surface area contributed by atoms with E-state index in [-0.39, 0.29) is 11.1 Å². The van der Waals surface area contributed by atoms with Gasteiger partial charge in [-0.05, 0) is 25.0 Å². The minimum absolute atomic E-state index is 0.0632. The van der Waals surface area contributed by atoms with E-state index in [0.717, 1.165) is 31.2 Å². The van der Waals surface area contributed by atoms with Crippen molar-refractivity contribution in [3.05, 3.63) is 41.8 Å². The van der Waals surface area contributed by atoms with Crippen LogP contribution in [-0.2, 0) is 5.41 Å². The summed E-state index contributed by atoms with van der Waals surface area (Å²) in [6, 6.07) is 9.42. The molecule has 0 saturated heterocycles. The Labute approximate surface area is 117 Å². The number of hydrogen-bond donors (Lipinski definition) is 1. The second kappa shape index (κ2) is 4.78. The van der Waals surface area contributed by atoms with Gasteiger partial charge in [-0.1, -0.05) is 38.0 Å². The average molecular weight is 271 g/mol. The highest BCUT2D eigenvalue weighted by Crippen LogP contribution is 2.43. The van der Waals surface area contributed by atoms with E-state index in [2.05, 4.69) is 11.9 Å². The van der Waals surface area contributed by atoms with Crippen LogP contribution in [0.15, 0.2) is 34.7 Å². The number of carboxylic acids is 1. The minimum Gasteiger partial charge on any atom is -0.476 e. The summed E-state index contributed by atoms with van der Waals surface area (Å²) in [5, 5.41) is 9.38. The van der Waals surface area contributed by atoms with Crippen molar-refractivity contribution in [1.82, 2.24) is 4.98 Å². The number of benzene rings is 1. The van der Waals surface area contributed by atoms with E-state index < -0.39 is 5.97 Å². The quantitative estimate of drug-likeness (QED) is 0.920. The molecule has 1 saturated carbocycles. The summed E-state index contributed by atoms with van der Waals surface area (Å²) in [6.45, 7) is 2.07. The molecule has 1 fully saturated rings. The van der Waals surface area contributed by atoms with Crippen LogP contribution in [0, 0.1) is 0 Å². The highest BCUT2D eigenvalue weighted by Gasteiger charge is 2.38. The predicted molar refractivity (Wildman–Crippen MR) is 74.7 cm³/mol. The second-order valence-electron chi connectivity index (χ2n) is 5.64. The summed E-state index contributed by atoms with van der Waals surface area (Å²) in [6.07, 6.45) is 4.13. The van der Waals surface area contributed by atoms with E-state index in [9.17, 15) is 9.90 Å². The molecule has 1 N–H and O–H groups in total. The standard InChI is InChI=1S/C16H17NO3/c1-16(9-5-6-10-16)13-12(15(18)19)17-14(20-13)11-7-3-2-4-8-11/h2-4,7-8H,5-6,9-10H2,1H3,(H,18,19). The summed E-state index contributed by atoms with van der Waals surface area (Å²) in [5.74, 6) is -0.0912. The number of oxazole rings is 1. The zero-order chi connectivity index (χ0) is 14.2. The lowest BCUT2D eigenvalue weighted by Gasteiger charge is -2.20. The van der Waals surface area contributed by atoms with Crippen LogP contribution in [0.1, 0.15) is 48.9 Å². The van der Waals surface area contributed by atoms with Gasteiger partial charge in [0.25, 0.3) is 0 Å². The molecular weight excluding hydrogens is 254 g/mol. The van der Waals surface area contributed by atoms with E-state index in [1.165, 1.54) is 0 Å². The first-order valence-electron chi connectivity index (χ1n) is 6.90. The normalized spacial score (nSPS) is 17.2. The van der Waals surface area contributed by atoms with E-state index in [1.54, 1.807) is 0 Å². The fourth-order valence-electron chi connectivity index (χ4n) is 2.96. The lowest BCUT2D eigenvalue weighted by Crippen LogP contribution is -2.19. The maximum atomic E-state index is 11.4. The molecule has 0 unspecified atom stereocenters. The van der Waals surface area contributed by atoms with Crippen LogP contribution >= 0.6 is 0 Å². The fraction of sp³-hybridized carbons (Fsp3) is 0.375. The molecule has 0 bridgehead atoms. The number of carboxylic acid groups (broad SMARTS) is 1. The molecule has 0 amide bonds. The molecule has 20 heavy (non-hydrogen) atoms. The molecule has 0 atom stereocenters. The zero-order valence-electron chi connectivity index (χ0n) is 11.4. The number of aromatic carboxylic acids is 1. The fourth-order valence-corrected chi connectivity index (χ4v) is 2.96. The van der Waals surface area contributed by atoms with Crippen molar-refractivity contribution in [2.45, 2.75) is 38.0 Å². The maximum Gasteiger partial charge on any atom is 0.358 e. The lowest BCUT2D eigenvalue weighted by atomic mass is 9.85. The van der Waals surface area contributed by atoms with Gasteiger partial charge in [0.2, 0.25) is 5.89 Å². The Balaban J connectivity index is 2.10. The summed E-state index contributed by atoms with van der Waals surface area (Å²) < 4.78 is 5.86. The van der Waals surface area contributed by atoms with Crippen LogP contribution in [0.3, 0.4) is 0 Å². The van der Waals surface area contributed by atoms with Crippen molar-refractivity contribution < 1.29 is 14.3 Å². The molecular formula is C16H17NO3. The number of rotatable bonds is 3. The van der Waals surface area contributed by atoms with Crippen LogP contribution in [0.4, 0.5) is 0 Å². The van der Waals surface area contributed by atoms with Gasteiger partial charge in [0.05, 0.1) is 0 Å². The third kappa shape index (κ3) is 2.11. The van der Waals surface area contributed by atoms with Crippen molar-refractivity contribution in [3.8, 4) is 11.5 Å². The Bertz CT molecular complexity index is 624. The molecule has 0 radical (unpaired) electrons. The summed E-state index contributed by atoms with van der Waals surface area (Å²) in [5.41, 5.74) is 0.671. The molecule has 2 aromatic rings. The van der Waals surface area contributed by atoms with Gasteiger partial charge in [0.15, 0.2) is 5.69 Å². The molecule has 3 rings (SSSR count). The molecule has 0 spiro atoms. The molecule has 1 aromatic carbocycles. The van der Waals surface area contributed by atoms with Gasteiger partial charge in [-0.25, -0.2) is 9.78 Å². The first-order valence-corrected chi connectivity index (χ1v) is 6.90. The lowest BCUT2D eigenvalue weighted by molar-refractivity contribution is 0.0686. The molecule has 1 heterocycles. The molecule has 0 aliphatic heterocycles. The van der Waals surface area contributed by atoms with Crippen molar-refractivity contribution in [2.24, 2.45) is 0 Å². The second-order valence-corrected chi connectivity index (χ2v) is 5.64. The molecule has 104 valence electrons. The van der Waals surface area contributed by atoms with Gasteiger partial charge in [-0.2, -0.15) is 0 Å². The molecule has 1 aliphatic carbocycles. The molecule has 4 heteroatoms. The Morgan fingerprint density at radius 2 is 1.90 bits per heavy atom. The van der Waals surface area contributed by atoms with E-state index in [0.29, 0.717) is 11.7 Å². The highest BCUT2D eigenvalue weighted by molar-refractivity contribution is 5.87. The molecule has 4 nitrogen and oxygen atoms in total. The van der Waals surface area contributed by atoms with Crippen molar-refractivity contribution in [1.29, 1.82) is 0 Å². The highest BCUT2D eigenvalue weighted by atomic mass is 16.4. The van der Waals surface area contributed by atoms with Crippen LogP contribution in [0.25, 0.3) is 11.5 Å². The first-order chi connectivity index (χ1) is 9.60. The Morgan fingerprint density at radius 1 is 1.25 bits per heavy atom. The third-order valence-electron chi connectivity index (χ3n) is 4.11. The van der Waals surface area contributed by atoms with Gasteiger partial charge < -0.3 is 9.52 Å². The van der Waals surface area contributed by atoms with E-state index >= 15 is 0 Å². The van der Waals surface area contributed by atoms with Gasteiger partial charge >= 0.3 is 5.97 Å².